The second-order valence-corrected chi connectivity index (χ2v) is 4.11. The van der Waals surface area contributed by atoms with Gasteiger partial charge in [0.25, 0.3) is 5.91 Å². The van der Waals surface area contributed by atoms with Crippen molar-refractivity contribution in [3.63, 3.8) is 0 Å². The molecule has 1 heterocycles. The molecular formula is C12H18N2O6. The van der Waals surface area contributed by atoms with Gasteiger partial charge < -0.3 is 24.4 Å². The molecule has 8 heteroatoms. The maximum atomic E-state index is 11.8. The Bertz CT molecular complexity index is 445. The van der Waals surface area contributed by atoms with Crippen molar-refractivity contribution in [2.45, 2.75) is 25.5 Å². The van der Waals surface area contributed by atoms with Gasteiger partial charge in [0.1, 0.15) is 12.6 Å². The minimum atomic E-state index is -1.10. The number of carboxylic acids is 1. The molecule has 0 saturated carbocycles. The van der Waals surface area contributed by atoms with E-state index in [9.17, 15) is 9.59 Å². The van der Waals surface area contributed by atoms with E-state index >= 15 is 0 Å². The first-order chi connectivity index (χ1) is 9.58. The van der Waals surface area contributed by atoms with E-state index in [0.717, 1.165) is 0 Å². The van der Waals surface area contributed by atoms with Crippen LogP contribution in [-0.2, 0) is 20.9 Å². The molecule has 1 aromatic rings. The van der Waals surface area contributed by atoms with E-state index in [1.807, 2.05) is 0 Å². The lowest BCUT2D eigenvalue weighted by Gasteiger charge is -2.12. The fourth-order valence-electron chi connectivity index (χ4n) is 1.55. The molecule has 1 unspecified atom stereocenters. The monoisotopic (exact) mass is 286 g/mol. The third kappa shape index (κ3) is 4.98. The Hall–Kier alpha value is -1.93. The molecule has 2 N–H and O–H groups in total. The number of carbonyl (C=O) groups is 2. The molecule has 1 atom stereocenters. The molecule has 0 aliphatic heterocycles. The molecule has 0 aliphatic carbocycles. The quantitative estimate of drug-likeness (QED) is 0.633. The van der Waals surface area contributed by atoms with Gasteiger partial charge in [-0.3, -0.25) is 4.79 Å². The van der Waals surface area contributed by atoms with Crippen LogP contribution in [0, 0.1) is 0 Å². The number of methoxy groups -OCH3 is 2. The van der Waals surface area contributed by atoms with E-state index in [2.05, 4.69) is 10.5 Å². The average Bonchev–Trinajstić information content (AvgIpc) is 2.86. The first kappa shape index (κ1) is 16.1. The predicted octanol–water partition coefficient (Wildman–Crippen LogP) is 0.431. The van der Waals surface area contributed by atoms with Gasteiger partial charge in [0.2, 0.25) is 0 Å². The molecule has 20 heavy (non-hydrogen) atoms. The molecule has 0 saturated heterocycles. The summed E-state index contributed by atoms with van der Waals surface area (Å²) in [6, 6.07) is 0.424. The zero-order valence-corrected chi connectivity index (χ0v) is 11.4. The molecule has 8 nitrogen and oxygen atoms in total. The highest BCUT2D eigenvalue weighted by Gasteiger charge is 2.22. The Balaban J connectivity index is 2.57. The standard InChI is InChI=1S/C12H18N2O6/c1-18-5-3-4-9(12(16)17)13-11(15)10-6-8(7-19-2)20-14-10/h6,9H,3-5,7H2,1-2H3,(H,13,15)(H,16,17). The lowest BCUT2D eigenvalue weighted by atomic mass is 10.1. The summed E-state index contributed by atoms with van der Waals surface area (Å²) in [6.07, 6.45) is 0.805. The van der Waals surface area contributed by atoms with Crippen LogP contribution in [0.1, 0.15) is 29.1 Å². The summed E-state index contributed by atoms with van der Waals surface area (Å²) in [7, 11) is 3.01. The number of amides is 1. The number of aliphatic carboxylic acids is 1. The average molecular weight is 286 g/mol. The third-order valence-corrected chi connectivity index (χ3v) is 2.52. The smallest absolute Gasteiger partial charge is 0.326 e. The van der Waals surface area contributed by atoms with E-state index in [1.165, 1.54) is 20.3 Å². The Morgan fingerprint density at radius 2 is 2.20 bits per heavy atom. The van der Waals surface area contributed by atoms with Gasteiger partial charge in [0.15, 0.2) is 11.5 Å². The van der Waals surface area contributed by atoms with Crippen molar-refractivity contribution in [2.24, 2.45) is 0 Å². The van der Waals surface area contributed by atoms with Crippen LogP contribution in [0.15, 0.2) is 10.6 Å². The fraction of sp³-hybridized carbons (Fsp3) is 0.583. The second-order valence-electron chi connectivity index (χ2n) is 4.11. The van der Waals surface area contributed by atoms with E-state index in [4.69, 9.17) is 19.1 Å². The number of aromatic nitrogens is 1. The summed E-state index contributed by atoms with van der Waals surface area (Å²) in [6.45, 7) is 0.623. The molecule has 0 fully saturated rings. The Kier molecular flexibility index (Phi) is 6.68. The zero-order valence-electron chi connectivity index (χ0n) is 11.4. The van der Waals surface area contributed by atoms with E-state index < -0.39 is 17.9 Å². The van der Waals surface area contributed by atoms with Gasteiger partial charge in [-0.15, -0.1) is 0 Å². The SMILES string of the molecule is COCCCC(NC(=O)c1cc(COC)on1)C(=O)O. The number of carbonyl (C=O) groups excluding carboxylic acids is 1. The van der Waals surface area contributed by atoms with E-state index in [0.29, 0.717) is 18.8 Å². The third-order valence-electron chi connectivity index (χ3n) is 2.52. The molecule has 1 rings (SSSR count). The molecule has 0 bridgehead atoms. The van der Waals surface area contributed by atoms with Crippen molar-refractivity contribution in [3.05, 3.63) is 17.5 Å². The Morgan fingerprint density at radius 3 is 2.80 bits per heavy atom. The van der Waals surface area contributed by atoms with Crippen LogP contribution < -0.4 is 5.32 Å². The number of carboxylic acid groups (broad SMARTS) is 1. The molecule has 1 amide bonds. The van der Waals surface area contributed by atoms with Crippen LogP contribution in [0.2, 0.25) is 0 Å². The number of hydrogen-bond donors (Lipinski definition) is 2. The number of ether oxygens (including phenoxy) is 2. The summed E-state index contributed by atoms with van der Waals surface area (Å²) in [5.74, 6) is -1.31. The Morgan fingerprint density at radius 1 is 1.45 bits per heavy atom. The van der Waals surface area contributed by atoms with Crippen molar-refractivity contribution in [1.29, 1.82) is 0 Å². The topological polar surface area (TPSA) is 111 Å². The van der Waals surface area contributed by atoms with Crippen LogP contribution >= 0.6 is 0 Å². The summed E-state index contributed by atoms with van der Waals surface area (Å²) in [5, 5.41) is 15.0. The fourth-order valence-corrected chi connectivity index (χ4v) is 1.55. The van der Waals surface area contributed by atoms with Crippen LogP contribution in [-0.4, -0.2) is 49.0 Å². The highest BCUT2D eigenvalue weighted by atomic mass is 16.5. The lowest BCUT2D eigenvalue weighted by Crippen LogP contribution is -2.41. The number of nitrogens with zero attached hydrogens (tertiary/aromatic N) is 1. The van der Waals surface area contributed by atoms with Crippen molar-refractivity contribution in [3.8, 4) is 0 Å². The maximum Gasteiger partial charge on any atom is 0.326 e. The molecule has 0 aliphatic rings. The molecule has 0 spiro atoms. The lowest BCUT2D eigenvalue weighted by molar-refractivity contribution is -0.139. The van der Waals surface area contributed by atoms with E-state index in [-0.39, 0.29) is 18.7 Å². The van der Waals surface area contributed by atoms with Crippen molar-refractivity contribution in [1.82, 2.24) is 10.5 Å². The first-order valence-electron chi connectivity index (χ1n) is 6.05. The highest BCUT2D eigenvalue weighted by Crippen LogP contribution is 2.06. The molecule has 112 valence electrons. The number of nitrogens with one attached hydrogen (secondary N) is 1. The van der Waals surface area contributed by atoms with Gasteiger partial charge >= 0.3 is 5.97 Å². The van der Waals surface area contributed by atoms with Gasteiger partial charge in [0.05, 0.1) is 0 Å². The molecule has 1 aromatic heterocycles. The van der Waals surface area contributed by atoms with Gasteiger partial charge in [-0.05, 0) is 12.8 Å². The van der Waals surface area contributed by atoms with Crippen LogP contribution in [0.4, 0.5) is 0 Å². The minimum absolute atomic E-state index is 0.0232. The van der Waals surface area contributed by atoms with Crippen LogP contribution in [0.3, 0.4) is 0 Å². The van der Waals surface area contributed by atoms with Crippen LogP contribution in [0.25, 0.3) is 0 Å². The highest BCUT2D eigenvalue weighted by molar-refractivity contribution is 5.94. The van der Waals surface area contributed by atoms with Gasteiger partial charge in [-0.2, -0.15) is 0 Å². The minimum Gasteiger partial charge on any atom is -0.480 e. The summed E-state index contributed by atoms with van der Waals surface area (Å²) in [4.78, 5) is 22.9. The first-order valence-corrected chi connectivity index (χ1v) is 6.05. The zero-order chi connectivity index (χ0) is 15.0. The second kappa shape index (κ2) is 8.28. The molecular weight excluding hydrogens is 268 g/mol. The number of rotatable bonds is 9. The summed E-state index contributed by atoms with van der Waals surface area (Å²) < 4.78 is 14.5. The number of hydrogen-bond acceptors (Lipinski definition) is 6. The van der Waals surface area contributed by atoms with Crippen molar-refractivity contribution in [2.75, 3.05) is 20.8 Å². The maximum absolute atomic E-state index is 11.8. The largest absolute Gasteiger partial charge is 0.480 e. The van der Waals surface area contributed by atoms with Crippen molar-refractivity contribution >= 4 is 11.9 Å². The normalized spacial score (nSPS) is 12.1. The summed E-state index contributed by atoms with van der Waals surface area (Å²) >= 11 is 0. The van der Waals surface area contributed by atoms with Crippen LogP contribution in [0.5, 0.6) is 0 Å². The van der Waals surface area contributed by atoms with Crippen molar-refractivity contribution < 1.29 is 28.7 Å². The Labute approximate surface area is 116 Å². The molecule has 0 radical (unpaired) electrons. The summed E-state index contributed by atoms with van der Waals surface area (Å²) in [5.41, 5.74) is 0.0232. The van der Waals surface area contributed by atoms with Gasteiger partial charge in [0, 0.05) is 26.9 Å². The van der Waals surface area contributed by atoms with Gasteiger partial charge in [-0.1, -0.05) is 5.16 Å². The van der Waals surface area contributed by atoms with Gasteiger partial charge in [-0.25, -0.2) is 4.79 Å². The predicted molar refractivity (Wildman–Crippen MR) is 67.2 cm³/mol. The van der Waals surface area contributed by atoms with E-state index in [1.54, 1.807) is 0 Å². The molecule has 0 aromatic carbocycles.